The Labute approximate surface area is 134 Å². The van der Waals surface area contributed by atoms with Crippen molar-refractivity contribution in [2.75, 3.05) is 10.6 Å². The lowest BCUT2D eigenvalue weighted by Crippen LogP contribution is -2.32. The summed E-state index contributed by atoms with van der Waals surface area (Å²) in [7, 11) is 0. The van der Waals surface area contributed by atoms with Gasteiger partial charge in [0.1, 0.15) is 11.5 Å². The molecule has 0 saturated heterocycles. The van der Waals surface area contributed by atoms with Gasteiger partial charge in [-0.1, -0.05) is 6.07 Å². The van der Waals surface area contributed by atoms with Gasteiger partial charge in [0.15, 0.2) is 0 Å². The van der Waals surface area contributed by atoms with Crippen LogP contribution in [0.1, 0.15) is 13.8 Å². The Kier molecular flexibility index (Phi) is 5.32. The van der Waals surface area contributed by atoms with Crippen molar-refractivity contribution < 1.29 is 14.3 Å². The maximum Gasteiger partial charge on any atom is 0.241 e. The summed E-state index contributed by atoms with van der Waals surface area (Å²) in [5, 5.41) is 5.39. The van der Waals surface area contributed by atoms with Gasteiger partial charge in [0, 0.05) is 24.4 Å². The number of nitrogens with one attached hydrogen (secondary N) is 2. The molecule has 1 atom stereocenters. The molecule has 0 aromatic heterocycles. The molecular weight excluding hydrogens is 294 g/mol. The van der Waals surface area contributed by atoms with Crippen molar-refractivity contribution in [3.8, 4) is 11.5 Å². The van der Waals surface area contributed by atoms with E-state index in [4.69, 9.17) is 10.5 Å². The number of nitrogens with two attached hydrogens (primary N) is 1. The van der Waals surface area contributed by atoms with Crippen molar-refractivity contribution in [3.05, 3.63) is 48.5 Å². The van der Waals surface area contributed by atoms with Gasteiger partial charge in [-0.05, 0) is 43.3 Å². The van der Waals surface area contributed by atoms with Crippen LogP contribution in [0.2, 0.25) is 0 Å². The van der Waals surface area contributed by atoms with Crippen molar-refractivity contribution in [3.63, 3.8) is 0 Å². The highest BCUT2D eigenvalue weighted by atomic mass is 16.5. The van der Waals surface area contributed by atoms with E-state index in [-0.39, 0.29) is 11.8 Å². The van der Waals surface area contributed by atoms with Crippen LogP contribution in [0, 0.1) is 0 Å². The van der Waals surface area contributed by atoms with Gasteiger partial charge in [-0.2, -0.15) is 0 Å². The number of rotatable bonds is 5. The topological polar surface area (TPSA) is 93.5 Å². The third kappa shape index (κ3) is 5.12. The average Bonchev–Trinajstić information content (AvgIpc) is 2.49. The van der Waals surface area contributed by atoms with Crippen molar-refractivity contribution in [1.29, 1.82) is 0 Å². The molecule has 0 heterocycles. The Hall–Kier alpha value is -2.86. The second-order valence-electron chi connectivity index (χ2n) is 5.11. The van der Waals surface area contributed by atoms with Crippen LogP contribution in [0.25, 0.3) is 0 Å². The maximum atomic E-state index is 11.6. The Balaban J connectivity index is 2.05. The Bertz CT molecular complexity index is 696. The largest absolute Gasteiger partial charge is 0.457 e. The fourth-order valence-corrected chi connectivity index (χ4v) is 1.84. The number of carbonyl (C=O) groups is 2. The highest BCUT2D eigenvalue weighted by Gasteiger charge is 2.08. The van der Waals surface area contributed by atoms with Gasteiger partial charge in [0.25, 0.3) is 0 Å². The standard InChI is InChI=1S/C17H19N3O3/c1-11(18)17(22)20-14-4-3-5-16(10-14)23-15-8-6-13(7-9-15)19-12(2)21/h3-11H,18H2,1-2H3,(H,19,21)(H,20,22). The van der Waals surface area contributed by atoms with Crippen LogP contribution < -0.4 is 21.1 Å². The predicted octanol–water partition coefficient (Wildman–Crippen LogP) is 2.72. The van der Waals surface area contributed by atoms with E-state index in [0.29, 0.717) is 22.9 Å². The van der Waals surface area contributed by atoms with Gasteiger partial charge in [-0.3, -0.25) is 9.59 Å². The van der Waals surface area contributed by atoms with Gasteiger partial charge in [-0.15, -0.1) is 0 Å². The number of anilines is 2. The molecule has 0 aliphatic heterocycles. The molecule has 0 saturated carbocycles. The summed E-state index contributed by atoms with van der Waals surface area (Å²) in [6.07, 6.45) is 0. The van der Waals surface area contributed by atoms with Gasteiger partial charge < -0.3 is 21.1 Å². The van der Waals surface area contributed by atoms with Crippen LogP contribution in [0.5, 0.6) is 11.5 Å². The number of benzene rings is 2. The normalized spacial score (nSPS) is 11.4. The minimum absolute atomic E-state index is 0.128. The first kappa shape index (κ1) is 16.5. The zero-order valence-corrected chi connectivity index (χ0v) is 13.0. The van der Waals surface area contributed by atoms with E-state index >= 15 is 0 Å². The molecule has 0 fully saturated rings. The molecule has 23 heavy (non-hydrogen) atoms. The van der Waals surface area contributed by atoms with Crippen molar-refractivity contribution in [2.24, 2.45) is 5.73 Å². The molecule has 0 bridgehead atoms. The summed E-state index contributed by atoms with van der Waals surface area (Å²) in [4.78, 5) is 22.6. The van der Waals surface area contributed by atoms with Crippen LogP contribution in [-0.2, 0) is 9.59 Å². The van der Waals surface area contributed by atoms with E-state index < -0.39 is 6.04 Å². The van der Waals surface area contributed by atoms with E-state index in [2.05, 4.69) is 10.6 Å². The monoisotopic (exact) mass is 313 g/mol. The van der Waals surface area contributed by atoms with E-state index in [0.717, 1.165) is 0 Å². The first-order chi connectivity index (χ1) is 10.9. The first-order valence-electron chi connectivity index (χ1n) is 7.16. The number of amides is 2. The molecule has 1 unspecified atom stereocenters. The Morgan fingerprint density at radius 1 is 1.00 bits per heavy atom. The SMILES string of the molecule is CC(=O)Nc1ccc(Oc2cccc(NC(=O)C(C)N)c2)cc1. The summed E-state index contributed by atoms with van der Waals surface area (Å²) in [6, 6.07) is 13.4. The third-order valence-electron chi connectivity index (χ3n) is 2.93. The van der Waals surface area contributed by atoms with Crippen LogP contribution >= 0.6 is 0 Å². The minimum Gasteiger partial charge on any atom is -0.457 e. The van der Waals surface area contributed by atoms with E-state index in [1.54, 1.807) is 55.5 Å². The molecule has 6 heteroatoms. The lowest BCUT2D eigenvalue weighted by molar-refractivity contribution is -0.117. The second kappa shape index (κ2) is 7.42. The molecule has 6 nitrogen and oxygen atoms in total. The quantitative estimate of drug-likeness (QED) is 0.791. The van der Waals surface area contributed by atoms with Crippen molar-refractivity contribution >= 4 is 23.2 Å². The number of ether oxygens (including phenoxy) is 1. The molecular formula is C17H19N3O3. The molecule has 120 valence electrons. The fourth-order valence-electron chi connectivity index (χ4n) is 1.84. The van der Waals surface area contributed by atoms with Crippen molar-refractivity contribution in [2.45, 2.75) is 19.9 Å². The first-order valence-corrected chi connectivity index (χ1v) is 7.16. The van der Waals surface area contributed by atoms with E-state index in [9.17, 15) is 9.59 Å². The predicted molar refractivity (Wildman–Crippen MR) is 89.5 cm³/mol. The summed E-state index contributed by atoms with van der Waals surface area (Å²) in [5.74, 6) is 0.813. The number of hydrogen-bond acceptors (Lipinski definition) is 4. The van der Waals surface area contributed by atoms with E-state index in [1.807, 2.05) is 0 Å². The van der Waals surface area contributed by atoms with E-state index in [1.165, 1.54) is 6.92 Å². The zero-order chi connectivity index (χ0) is 16.8. The molecule has 0 spiro atoms. The van der Waals surface area contributed by atoms with Crippen LogP contribution in [-0.4, -0.2) is 17.9 Å². The van der Waals surface area contributed by atoms with Gasteiger partial charge in [0.05, 0.1) is 6.04 Å². The molecule has 2 aromatic rings. The lowest BCUT2D eigenvalue weighted by Gasteiger charge is -2.10. The molecule has 2 amide bonds. The highest BCUT2D eigenvalue weighted by molar-refractivity contribution is 5.94. The van der Waals surface area contributed by atoms with Crippen LogP contribution in [0.3, 0.4) is 0 Å². The molecule has 0 radical (unpaired) electrons. The summed E-state index contributed by atoms with van der Waals surface area (Å²) in [6.45, 7) is 3.07. The van der Waals surface area contributed by atoms with Crippen molar-refractivity contribution in [1.82, 2.24) is 0 Å². The van der Waals surface area contributed by atoms with Crippen LogP contribution in [0.4, 0.5) is 11.4 Å². The molecule has 0 aliphatic rings. The molecule has 2 aromatic carbocycles. The molecule has 4 N–H and O–H groups in total. The Morgan fingerprint density at radius 2 is 1.70 bits per heavy atom. The third-order valence-corrected chi connectivity index (χ3v) is 2.93. The number of carbonyl (C=O) groups excluding carboxylic acids is 2. The second-order valence-corrected chi connectivity index (χ2v) is 5.11. The van der Waals surface area contributed by atoms with Gasteiger partial charge in [-0.25, -0.2) is 0 Å². The lowest BCUT2D eigenvalue weighted by atomic mass is 10.2. The molecule has 0 aliphatic carbocycles. The van der Waals surface area contributed by atoms with Crippen LogP contribution in [0.15, 0.2) is 48.5 Å². The number of hydrogen-bond donors (Lipinski definition) is 3. The summed E-state index contributed by atoms with van der Waals surface area (Å²) in [5.41, 5.74) is 6.83. The summed E-state index contributed by atoms with van der Waals surface area (Å²) < 4.78 is 5.73. The zero-order valence-electron chi connectivity index (χ0n) is 13.0. The Morgan fingerprint density at radius 3 is 2.30 bits per heavy atom. The van der Waals surface area contributed by atoms with Gasteiger partial charge in [0.2, 0.25) is 11.8 Å². The van der Waals surface area contributed by atoms with Gasteiger partial charge >= 0.3 is 0 Å². The minimum atomic E-state index is -0.583. The average molecular weight is 313 g/mol. The summed E-state index contributed by atoms with van der Waals surface area (Å²) >= 11 is 0. The smallest absolute Gasteiger partial charge is 0.241 e. The maximum absolute atomic E-state index is 11.6. The fraction of sp³-hybridized carbons (Fsp3) is 0.176. The highest BCUT2D eigenvalue weighted by Crippen LogP contribution is 2.25. The molecule has 2 rings (SSSR count).